The Hall–Kier alpha value is -2.17. The van der Waals surface area contributed by atoms with E-state index in [9.17, 15) is 4.79 Å². The summed E-state index contributed by atoms with van der Waals surface area (Å²) in [5.74, 6) is 0.228. The largest absolute Gasteiger partial charge is 0.344 e. The number of hydrogen-bond acceptors (Lipinski definition) is 1. The first-order valence-corrected chi connectivity index (χ1v) is 9.58. The number of carbonyl (C=O) groups excluding carboxylic acids is 1. The monoisotopic (exact) mass is 353 g/mol. The Labute approximate surface area is 157 Å². The van der Waals surface area contributed by atoms with Crippen molar-refractivity contribution in [2.45, 2.75) is 19.0 Å². The summed E-state index contributed by atoms with van der Waals surface area (Å²) >= 11 is 0. The third kappa shape index (κ3) is 4.14. The van der Waals surface area contributed by atoms with Crippen LogP contribution in [-0.4, -0.2) is 57.1 Å². The van der Waals surface area contributed by atoms with Gasteiger partial charge < -0.3 is 14.7 Å². The first kappa shape index (κ1) is 18.6. The predicted octanol–water partition coefficient (Wildman–Crippen LogP) is 0.0361. The third-order valence-electron chi connectivity index (χ3n) is 5.63. The van der Waals surface area contributed by atoms with Crippen molar-refractivity contribution < 1.29 is 14.6 Å². The normalized spacial score (nSPS) is 21.4. The summed E-state index contributed by atoms with van der Waals surface area (Å²) in [6, 6.07) is 22.0. The second kappa shape index (κ2) is 8.47. The fourth-order valence-corrected chi connectivity index (χ4v) is 4.13. The van der Waals surface area contributed by atoms with E-state index in [1.54, 1.807) is 9.80 Å². The van der Waals surface area contributed by atoms with E-state index in [4.69, 9.17) is 0 Å². The van der Waals surface area contributed by atoms with Gasteiger partial charge in [0.05, 0.1) is 0 Å². The first-order valence-electron chi connectivity index (χ1n) is 9.58. The van der Waals surface area contributed by atoms with Gasteiger partial charge >= 0.3 is 0 Å². The van der Waals surface area contributed by atoms with E-state index in [0.29, 0.717) is 6.04 Å². The van der Waals surface area contributed by atoms with Gasteiger partial charge in [0.25, 0.3) is 5.91 Å². The summed E-state index contributed by atoms with van der Waals surface area (Å²) < 4.78 is 0. The Morgan fingerprint density at radius 1 is 0.808 bits per heavy atom. The molecule has 0 unspecified atom stereocenters. The Bertz CT molecular complexity index is 654. The number of likely N-dealkylation sites (N-methyl/N-ethyl adjacent to an activating group) is 1. The summed E-state index contributed by atoms with van der Waals surface area (Å²) in [5.41, 5.74) is 2.74. The molecule has 1 amide bonds. The van der Waals surface area contributed by atoms with Crippen LogP contribution in [0.1, 0.15) is 24.1 Å². The van der Waals surface area contributed by atoms with Crippen LogP contribution in [0.3, 0.4) is 0 Å². The number of hydrogen-bond donors (Lipinski definition) is 2. The molecule has 0 bridgehead atoms. The summed E-state index contributed by atoms with van der Waals surface area (Å²) in [7, 11) is 3.70. The van der Waals surface area contributed by atoms with E-state index in [2.05, 4.69) is 67.6 Å². The maximum Gasteiger partial charge on any atom is 0.280 e. The van der Waals surface area contributed by atoms with Gasteiger partial charge in [-0.25, -0.2) is 0 Å². The minimum absolute atomic E-state index is 0.0402. The lowest BCUT2D eigenvalue weighted by atomic mass is 9.96. The quantitative estimate of drug-likeness (QED) is 0.781. The van der Waals surface area contributed by atoms with Gasteiger partial charge in [-0.1, -0.05) is 60.7 Å². The smallest absolute Gasteiger partial charge is 0.280 e. The molecule has 2 aromatic rings. The van der Waals surface area contributed by atoms with Crippen LogP contribution in [0.25, 0.3) is 0 Å². The van der Waals surface area contributed by atoms with Crippen LogP contribution in [0.2, 0.25) is 0 Å². The Morgan fingerprint density at radius 3 is 1.65 bits per heavy atom. The van der Waals surface area contributed by atoms with E-state index in [0.717, 1.165) is 26.2 Å². The van der Waals surface area contributed by atoms with Crippen LogP contribution < -0.4 is 9.80 Å². The highest BCUT2D eigenvalue weighted by atomic mass is 16.2. The standard InChI is InChI=1S/C22H29N3O/c1-18(22(26)23(2)3)24-14-16-25(17-15-24)21(19-10-6-4-7-11-19)20-12-8-5-9-13-20/h4-13,18,21H,14-17H2,1-3H3/p+2/t18-/m0/s1. The van der Waals surface area contributed by atoms with Gasteiger partial charge in [-0.3, -0.25) is 4.79 Å². The van der Waals surface area contributed by atoms with Crippen molar-refractivity contribution in [2.24, 2.45) is 0 Å². The van der Waals surface area contributed by atoms with Crippen LogP contribution in [0.15, 0.2) is 60.7 Å². The van der Waals surface area contributed by atoms with Gasteiger partial charge in [-0.15, -0.1) is 0 Å². The van der Waals surface area contributed by atoms with Gasteiger partial charge in [0.2, 0.25) is 0 Å². The molecule has 0 spiro atoms. The highest BCUT2D eigenvalue weighted by Crippen LogP contribution is 2.18. The van der Waals surface area contributed by atoms with Crippen molar-refractivity contribution in [1.29, 1.82) is 0 Å². The highest BCUT2D eigenvalue weighted by molar-refractivity contribution is 5.79. The van der Waals surface area contributed by atoms with Crippen LogP contribution in [0.4, 0.5) is 0 Å². The second-order valence-corrected chi connectivity index (χ2v) is 7.53. The van der Waals surface area contributed by atoms with Gasteiger partial charge in [0.15, 0.2) is 6.04 Å². The fourth-order valence-electron chi connectivity index (χ4n) is 4.13. The molecule has 0 saturated carbocycles. The molecule has 2 N–H and O–H groups in total. The minimum atomic E-state index is 0.0402. The van der Waals surface area contributed by atoms with Crippen molar-refractivity contribution in [3.05, 3.63) is 71.8 Å². The molecule has 0 radical (unpaired) electrons. The maximum absolute atomic E-state index is 12.3. The fraction of sp³-hybridized carbons (Fsp3) is 0.409. The average molecular weight is 354 g/mol. The lowest BCUT2D eigenvalue weighted by Gasteiger charge is -2.37. The average Bonchev–Trinajstić information content (AvgIpc) is 2.69. The summed E-state index contributed by atoms with van der Waals surface area (Å²) in [4.78, 5) is 17.0. The van der Waals surface area contributed by atoms with E-state index in [-0.39, 0.29) is 11.9 Å². The van der Waals surface area contributed by atoms with E-state index < -0.39 is 0 Å². The number of amides is 1. The highest BCUT2D eigenvalue weighted by Gasteiger charge is 2.35. The van der Waals surface area contributed by atoms with Crippen LogP contribution in [0, 0.1) is 0 Å². The summed E-state index contributed by atoms with van der Waals surface area (Å²) in [6.45, 7) is 6.29. The number of carbonyl (C=O) groups is 1. The zero-order valence-corrected chi connectivity index (χ0v) is 16.1. The molecule has 4 nitrogen and oxygen atoms in total. The van der Waals surface area contributed by atoms with Gasteiger partial charge in [0.1, 0.15) is 32.2 Å². The molecule has 1 heterocycles. The zero-order valence-electron chi connectivity index (χ0n) is 16.1. The number of nitrogens with one attached hydrogen (secondary N) is 2. The zero-order chi connectivity index (χ0) is 18.5. The molecule has 1 aliphatic rings. The molecule has 4 heteroatoms. The maximum atomic E-state index is 12.3. The van der Waals surface area contributed by atoms with Crippen molar-refractivity contribution >= 4 is 5.91 Å². The molecule has 2 aromatic carbocycles. The Morgan fingerprint density at radius 2 is 1.23 bits per heavy atom. The van der Waals surface area contributed by atoms with E-state index in [1.165, 1.54) is 16.0 Å². The van der Waals surface area contributed by atoms with E-state index >= 15 is 0 Å². The summed E-state index contributed by atoms with van der Waals surface area (Å²) in [5, 5.41) is 0. The Kier molecular flexibility index (Phi) is 6.07. The lowest BCUT2D eigenvalue weighted by molar-refractivity contribution is -1.03. The Balaban J connectivity index is 1.75. The topological polar surface area (TPSA) is 29.2 Å². The lowest BCUT2D eigenvalue weighted by Crippen LogP contribution is -3.30. The first-order chi connectivity index (χ1) is 12.6. The van der Waals surface area contributed by atoms with Crippen LogP contribution >= 0.6 is 0 Å². The molecule has 1 fully saturated rings. The van der Waals surface area contributed by atoms with E-state index in [1.807, 2.05) is 14.1 Å². The summed E-state index contributed by atoms with van der Waals surface area (Å²) in [6.07, 6.45) is 0. The molecule has 138 valence electrons. The second-order valence-electron chi connectivity index (χ2n) is 7.53. The van der Waals surface area contributed by atoms with Gasteiger partial charge in [-0.05, 0) is 6.92 Å². The molecule has 1 saturated heterocycles. The molecular formula is C22H31N3O+2. The molecule has 0 aliphatic carbocycles. The van der Waals surface area contributed by atoms with Crippen molar-refractivity contribution in [3.8, 4) is 0 Å². The predicted molar refractivity (Wildman–Crippen MR) is 104 cm³/mol. The number of rotatable bonds is 5. The number of piperazine rings is 1. The molecule has 26 heavy (non-hydrogen) atoms. The third-order valence-corrected chi connectivity index (χ3v) is 5.63. The molecule has 3 rings (SSSR count). The van der Waals surface area contributed by atoms with Gasteiger partial charge in [-0.2, -0.15) is 0 Å². The number of quaternary nitrogens is 2. The SMILES string of the molecule is C[C@@H](C(=O)N(C)C)[NH+]1CC[NH+](C(c2ccccc2)c2ccccc2)CC1. The van der Waals surface area contributed by atoms with Crippen molar-refractivity contribution in [3.63, 3.8) is 0 Å². The van der Waals surface area contributed by atoms with Crippen molar-refractivity contribution in [2.75, 3.05) is 40.3 Å². The molecule has 0 aromatic heterocycles. The van der Waals surface area contributed by atoms with Crippen LogP contribution in [-0.2, 0) is 4.79 Å². The molecule has 1 atom stereocenters. The molecular weight excluding hydrogens is 322 g/mol. The van der Waals surface area contributed by atoms with Crippen molar-refractivity contribution in [1.82, 2.24) is 4.90 Å². The number of nitrogens with zero attached hydrogens (tertiary/aromatic N) is 1. The molecule has 1 aliphatic heterocycles. The number of benzene rings is 2. The van der Waals surface area contributed by atoms with Gasteiger partial charge in [0, 0.05) is 25.2 Å². The minimum Gasteiger partial charge on any atom is -0.344 e. The van der Waals surface area contributed by atoms with Crippen LogP contribution in [0.5, 0.6) is 0 Å².